The topological polar surface area (TPSA) is 36.9 Å². The second-order valence-corrected chi connectivity index (χ2v) is 17.1. The summed E-state index contributed by atoms with van der Waals surface area (Å²) in [4.78, 5) is 0. The fraction of sp³-hybridized carbons (Fsp3) is 0.212. The summed E-state index contributed by atoms with van der Waals surface area (Å²) in [6.45, 7) is 5.91. The standard InChI is InChI=1S/C66H58O4/c1-5-7-9-19-45-69-57-37-29-49(30-38-57)21-11-13-23-51-25-15-17-27-59(51)53-33-41-61-55(47-53)35-43-63(67-3)65(61)66-62-42-34-54(48-56(62)36-44-64(66)68-4)60-28-18-16-26-52(60)24-14-12-22-50-31-39-58(40-32-50)70-46-20-10-8-6-2/h15-18,25-44,47-48H,5-10,19-20,45-46H2,1-4H3. The maximum Gasteiger partial charge on any atom is 0.127 e. The molecule has 0 amide bonds. The van der Waals surface area contributed by atoms with Crippen LogP contribution in [0, 0.1) is 47.4 Å². The SMILES string of the molecule is CCCCCCOc1ccc(C#CC#Cc2ccccc2-c2ccc3c(-c4c(OC)ccc5cc(-c6ccccc6C#CC#Cc6ccc(OCCCCCC)cc6)ccc45)c(OC)ccc3c2)cc1. The summed E-state index contributed by atoms with van der Waals surface area (Å²) in [5.74, 6) is 28.6. The Morgan fingerprint density at radius 2 is 0.800 bits per heavy atom. The van der Waals surface area contributed by atoms with Crippen LogP contribution in [0.5, 0.6) is 23.0 Å². The van der Waals surface area contributed by atoms with Gasteiger partial charge in [0.15, 0.2) is 0 Å². The first-order valence-electron chi connectivity index (χ1n) is 24.5. The number of unbranched alkanes of at least 4 members (excludes halogenated alkanes) is 6. The number of hydrogen-bond donors (Lipinski definition) is 0. The zero-order valence-electron chi connectivity index (χ0n) is 40.7. The van der Waals surface area contributed by atoms with E-state index in [1.54, 1.807) is 14.2 Å². The largest absolute Gasteiger partial charge is 0.496 e. The Labute approximate surface area is 415 Å². The lowest BCUT2D eigenvalue weighted by Gasteiger charge is -2.19. The van der Waals surface area contributed by atoms with Crippen LogP contribution in [-0.2, 0) is 0 Å². The first-order valence-corrected chi connectivity index (χ1v) is 24.5. The van der Waals surface area contributed by atoms with Crippen molar-refractivity contribution in [1.29, 1.82) is 0 Å². The van der Waals surface area contributed by atoms with Gasteiger partial charge in [0.2, 0.25) is 0 Å². The van der Waals surface area contributed by atoms with E-state index in [0.29, 0.717) is 0 Å². The first-order chi connectivity index (χ1) is 34.6. The van der Waals surface area contributed by atoms with Crippen LogP contribution in [0.15, 0.2) is 158 Å². The molecule has 0 aliphatic rings. The fourth-order valence-electron chi connectivity index (χ4n) is 8.61. The summed E-state index contributed by atoms with van der Waals surface area (Å²) in [6, 6.07) is 53.7. The molecule has 0 aromatic heterocycles. The second kappa shape index (κ2) is 24.7. The molecular weight excluding hydrogens is 857 g/mol. The van der Waals surface area contributed by atoms with Crippen LogP contribution in [-0.4, -0.2) is 27.4 Å². The molecule has 0 radical (unpaired) electrons. The van der Waals surface area contributed by atoms with Crippen molar-refractivity contribution < 1.29 is 18.9 Å². The third kappa shape index (κ3) is 12.2. The van der Waals surface area contributed by atoms with Gasteiger partial charge in [-0.15, -0.1) is 0 Å². The van der Waals surface area contributed by atoms with Gasteiger partial charge in [0.05, 0.1) is 27.4 Å². The Balaban J connectivity index is 1.04. The van der Waals surface area contributed by atoms with Crippen LogP contribution in [0.4, 0.5) is 0 Å². The maximum atomic E-state index is 6.10. The monoisotopic (exact) mass is 914 g/mol. The molecule has 8 rings (SSSR count). The van der Waals surface area contributed by atoms with Gasteiger partial charge in [-0.05, 0) is 165 Å². The number of hydrogen-bond acceptors (Lipinski definition) is 4. The second-order valence-electron chi connectivity index (χ2n) is 17.1. The molecule has 0 heterocycles. The molecule has 0 saturated heterocycles. The third-order valence-electron chi connectivity index (χ3n) is 12.3. The Kier molecular flexibility index (Phi) is 17.0. The van der Waals surface area contributed by atoms with E-state index in [9.17, 15) is 0 Å². The summed E-state index contributed by atoms with van der Waals surface area (Å²) in [5, 5.41) is 4.22. The van der Waals surface area contributed by atoms with Gasteiger partial charge < -0.3 is 18.9 Å². The van der Waals surface area contributed by atoms with Gasteiger partial charge in [0, 0.05) is 33.4 Å². The molecule has 4 heteroatoms. The molecule has 70 heavy (non-hydrogen) atoms. The van der Waals surface area contributed by atoms with Gasteiger partial charge in [-0.25, -0.2) is 0 Å². The number of ether oxygens (including phenoxy) is 4. The van der Waals surface area contributed by atoms with Gasteiger partial charge >= 0.3 is 0 Å². The molecule has 0 atom stereocenters. The van der Waals surface area contributed by atoms with Crippen LogP contribution in [0.1, 0.15) is 87.5 Å². The van der Waals surface area contributed by atoms with E-state index in [1.807, 2.05) is 97.1 Å². The fourth-order valence-corrected chi connectivity index (χ4v) is 8.61. The van der Waals surface area contributed by atoms with E-state index in [-0.39, 0.29) is 0 Å². The van der Waals surface area contributed by atoms with Crippen molar-refractivity contribution in [1.82, 2.24) is 0 Å². The van der Waals surface area contributed by atoms with E-state index in [0.717, 1.165) is 126 Å². The molecule has 0 fully saturated rings. The Hall–Kier alpha value is -8.28. The summed E-state index contributed by atoms with van der Waals surface area (Å²) in [5.41, 5.74) is 9.72. The van der Waals surface area contributed by atoms with E-state index >= 15 is 0 Å². The zero-order chi connectivity index (χ0) is 48.3. The molecule has 8 aromatic rings. The third-order valence-corrected chi connectivity index (χ3v) is 12.3. The molecule has 0 saturated carbocycles. The summed E-state index contributed by atoms with van der Waals surface area (Å²) < 4.78 is 24.0. The van der Waals surface area contributed by atoms with Crippen LogP contribution >= 0.6 is 0 Å². The van der Waals surface area contributed by atoms with Crippen molar-refractivity contribution in [2.75, 3.05) is 27.4 Å². The molecular formula is C66H58O4. The van der Waals surface area contributed by atoms with Gasteiger partial charge in [-0.2, -0.15) is 0 Å². The highest BCUT2D eigenvalue weighted by Crippen LogP contribution is 2.46. The first kappa shape index (κ1) is 48.2. The van der Waals surface area contributed by atoms with Crippen LogP contribution < -0.4 is 18.9 Å². The molecule has 0 aliphatic carbocycles. The minimum Gasteiger partial charge on any atom is -0.496 e. The predicted molar refractivity (Wildman–Crippen MR) is 291 cm³/mol. The van der Waals surface area contributed by atoms with Crippen LogP contribution in [0.3, 0.4) is 0 Å². The molecule has 0 N–H and O–H groups in total. The lowest BCUT2D eigenvalue weighted by molar-refractivity contribution is 0.305. The molecule has 8 aromatic carbocycles. The van der Waals surface area contributed by atoms with Crippen LogP contribution in [0.25, 0.3) is 54.9 Å². The van der Waals surface area contributed by atoms with E-state index in [1.165, 1.54) is 38.5 Å². The van der Waals surface area contributed by atoms with E-state index in [4.69, 9.17) is 18.9 Å². The van der Waals surface area contributed by atoms with Crippen molar-refractivity contribution in [2.24, 2.45) is 0 Å². The van der Waals surface area contributed by atoms with Gasteiger partial charge in [-0.3, -0.25) is 0 Å². The lowest BCUT2D eigenvalue weighted by Crippen LogP contribution is -1.96. The average molecular weight is 915 g/mol. The van der Waals surface area contributed by atoms with Crippen molar-refractivity contribution in [3.05, 3.63) is 180 Å². The molecule has 0 bridgehead atoms. The summed E-state index contributed by atoms with van der Waals surface area (Å²) in [7, 11) is 3.44. The minimum atomic E-state index is 0.738. The van der Waals surface area contributed by atoms with Gasteiger partial charge in [0.1, 0.15) is 23.0 Å². The van der Waals surface area contributed by atoms with E-state index in [2.05, 4.69) is 122 Å². The van der Waals surface area contributed by atoms with Crippen molar-refractivity contribution >= 4 is 21.5 Å². The number of methoxy groups -OCH3 is 2. The highest BCUT2D eigenvalue weighted by Gasteiger charge is 2.20. The van der Waals surface area contributed by atoms with E-state index < -0.39 is 0 Å². The molecule has 0 unspecified atom stereocenters. The molecule has 346 valence electrons. The van der Waals surface area contributed by atoms with Crippen molar-refractivity contribution in [3.8, 4) is 104 Å². The minimum absolute atomic E-state index is 0.738. The highest BCUT2D eigenvalue weighted by atomic mass is 16.5. The smallest absolute Gasteiger partial charge is 0.127 e. The lowest BCUT2D eigenvalue weighted by atomic mass is 9.89. The average Bonchev–Trinajstić information content (AvgIpc) is 3.41. The Morgan fingerprint density at radius 3 is 1.21 bits per heavy atom. The highest BCUT2D eigenvalue weighted by molar-refractivity contribution is 6.11. The summed E-state index contributed by atoms with van der Waals surface area (Å²) >= 11 is 0. The van der Waals surface area contributed by atoms with Crippen LogP contribution in [0.2, 0.25) is 0 Å². The quantitative estimate of drug-likeness (QED) is 0.0674. The molecule has 0 aliphatic heterocycles. The normalized spacial score (nSPS) is 10.4. The van der Waals surface area contributed by atoms with Crippen molar-refractivity contribution in [2.45, 2.75) is 65.2 Å². The van der Waals surface area contributed by atoms with Gasteiger partial charge in [-0.1, -0.05) is 149 Å². The molecule has 4 nitrogen and oxygen atoms in total. The van der Waals surface area contributed by atoms with Crippen molar-refractivity contribution in [3.63, 3.8) is 0 Å². The Bertz CT molecular complexity index is 3110. The van der Waals surface area contributed by atoms with Gasteiger partial charge in [0.25, 0.3) is 0 Å². The summed E-state index contributed by atoms with van der Waals surface area (Å²) in [6.07, 6.45) is 9.46. The Morgan fingerprint density at radius 1 is 0.386 bits per heavy atom. The zero-order valence-corrected chi connectivity index (χ0v) is 40.7. The number of benzene rings is 8. The number of fused-ring (bicyclic) bond motifs is 2. The maximum absolute atomic E-state index is 6.10. The number of rotatable bonds is 17. The molecule has 0 spiro atoms. The predicted octanol–water partition coefficient (Wildman–Crippen LogP) is 15.7.